The Morgan fingerprint density at radius 3 is 0.798 bits per heavy atom. The first-order chi connectivity index (χ1) is 42.6. The van der Waals surface area contributed by atoms with Gasteiger partial charge in [-0.05, 0) is 49.4 Å². The first-order valence-electron chi connectivity index (χ1n) is 36.2. The van der Waals surface area contributed by atoms with Gasteiger partial charge in [-0.3, -0.25) is 37.3 Å². The third-order valence-corrected chi connectivity index (χ3v) is 18.3. The van der Waals surface area contributed by atoms with Crippen molar-refractivity contribution in [3.05, 3.63) is 0 Å². The molecule has 0 bridgehead atoms. The van der Waals surface area contributed by atoms with Gasteiger partial charge in [0.25, 0.3) is 0 Å². The maximum absolute atomic E-state index is 13.0. The van der Waals surface area contributed by atoms with Crippen molar-refractivity contribution in [2.75, 3.05) is 39.6 Å². The quantitative estimate of drug-likeness (QED) is 0.0222. The summed E-state index contributed by atoms with van der Waals surface area (Å²) in [6.45, 7) is 14.0. The van der Waals surface area contributed by atoms with Crippen molar-refractivity contribution in [3.8, 4) is 0 Å². The van der Waals surface area contributed by atoms with E-state index in [1.807, 2.05) is 0 Å². The average Bonchev–Trinajstić information content (AvgIpc) is 3.70. The van der Waals surface area contributed by atoms with Crippen LogP contribution in [0, 0.1) is 23.7 Å². The van der Waals surface area contributed by atoms with Crippen LogP contribution in [0.3, 0.4) is 0 Å². The lowest BCUT2D eigenvalue weighted by atomic mass is 10.00. The minimum Gasteiger partial charge on any atom is -0.462 e. The highest BCUT2D eigenvalue weighted by Crippen LogP contribution is 2.45. The van der Waals surface area contributed by atoms with Crippen molar-refractivity contribution in [3.63, 3.8) is 0 Å². The van der Waals surface area contributed by atoms with Crippen molar-refractivity contribution in [2.24, 2.45) is 23.7 Å². The Morgan fingerprint density at radius 2 is 0.539 bits per heavy atom. The Morgan fingerprint density at radius 1 is 0.315 bits per heavy atom. The van der Waals surface area contributed by atoms with Crippen molar-refractivity contribution in [1.29, 1.82) is 0 Å². The Labute approximate surface area is 543 Å². The predicted molar refractivity (Wildman–Crippen MR) is 358 cm³/mol. The van der Waals surface area contributed by atoms with Gasteiger partial charge >= 0.3 is 39.5 Å². The van der Waals surface area contributed by atoms with Crippen LogP contribution in [0.15, 0.2) is 0 Å². The van der Waals surface area contributed by atoms with Crippen LogP contribution in [0.5, 0.6) is 0 Å². The fraction of sp³-hybridized carbons (Fsp3) is 0.943. The third-order valence-electron chi connectivity index (χ3n) is 16.4. The summed E-state index contributed by atoms with van der Waals surface area (Å²) in [5.74, 6) is 0.824. The van der Waals surface area contributed by atoms with E-state index >= 15 is 0 Å². The minimum atomic E-state index is -4.95. The molecule has 0 spiro atoms. The molecule has 0 aliphatic carbocycles. The molecule has 17 nitrogen and oxygen atoms in total. The Hall–Kier alpha value is -1.94. The number of ether oxygens (including phenoxy) is 4. The van der Waals surface area contributed by atoms with Gasteiger partial charge in [-0.15, -0.1) is 0 Å². The molecule has 0 amide bonds. The van der Waals surface area contributed by atoms with E-state index in [0.717, 1.165) is 114 Å². The highest BCUT2D eigenvalue weighted by atomic mass is 31.2. The molecule has 0 aromatic heterocycles. The van der Waals surface area contributed by atoms with Crippen LogP contribution in [-0.4, -0.2) is 96.7 Å². The number of carbonyl (C=O) groups is 4. The maximum Gasteiger partial charge on any atom is 0.472 e. The summed E-state index contributed by atoms with van der Waals surface area (Å²) >= 11 is 0. The van der Waals surface area contributed by atoms with Crippen LogP contribution in [0.2, 0.25) is 0 Å². The molecular weight excluding hydrogens is 1170 g/mol. The molecule has 0 rings (SSSR count). The predicted octanol–water partition coefficient (Wildman–Crippen LogP) is 19.7. The summed E-state index contributed by atoms with van der Waals surface area (Å²) in [6, 6.07) is 0. The summed E-state index contributed by atoms with van der Waals surface area (Å²) in [7, 11) is -9.90. The molecule has 0 saturated heterocycles. The van der Waals surface area contributed by atoms with Crippen molar-refractivity contribution in [1.82, 2.24) is 0 Å². The van der Waals surface area contributed by atoms with Gasteiger partial charge in [0.15, 0.2) is 12.2 Å². The molecule has 19 heteroatoms. The highest BCUT2D eigenvalue weighted by Gasteiger charge is 2.30. The normalized spacial score (nSPS) is 14.6. The summed E-state index contributed by atoms with van der Waals surface area (Å²) in [5, 5.41) is 10.6. The Balaban J connectivity index is 5.24. The standard InChI is InChI=1S/C70H136O17P2/c1-9-63(8)49-41-33-27-29-35-43-51-68(73)81-57-66(87-70(75)53-45-37-28-26-32-40-48-62(6)7)59-85-89(78,79)83-55-64(71)54-82-88(76,77)84-58-65(56-80-67(72)50-42-34-24-20-17-13-15-19-23-31-39-47-61(4)5)86-69(74)52-44-36-25-21-16-12-10-11-14-18-22-30-38-46-60(2)3/h60-66,71H,9-59H2,1-8H3,(H,76,77)(H,78,79)/t63?,64-,65-,66-/m1/s1. The molecule has 3 N–H and O–H groups in total. The van der Waals surface area contributed by atoms with Crippen LogP contribution in [-0.2, 0) is 65.4 Å². The second-order valence-corrected chi connectivity index (χ2v) is 29.8. The molecule has 0 aliphatic heterocycles. The molecule has 89 heavy (non-hydrogen) atoms. The first-order valence-corrected chi connectivity index (χ1v) is 39.2. The Bertz CT molecular complexity index is 1770. The van der Waals surface area contributed by atoms with Gasteiger partial charge in [0, 0.05) is 25.7 Å². The monoisotopic (exact) mass is 1310 g/mol. The first kappa shape index (κ1) is 87.1. The molecule has 0 heterocycles. The van der Waals surface area contributed by atoms with Gasteiger partial charge in [-0.25, -0.2) is 9.13 Å². The van der Waals surface area contributed by atoms with Crippen LogP contribution >= 0.6 is 15.6 Å². The maximum atomic E-state index is 13.0. The average molecular weight is 1310 g/mol. The molecule has 0 saturated carbocycles. The van der Waals surface area contributed by atoms with Gasteiger partial charge < -0.3 is 33.8 Å². The van der Waals surface area contributed by atoms with E-state index in [9.17, 15) is 43.2 Å². The zero-order valence-electron chi connectivity index (χ0n) is 58.1. The minimum absolute atomic E-state index is 0.101. The van der Waals surface area contributed by atoms with E-state index in [-0.39, 0.29) is 25.7 Å². The van der Waals surface area contributed by atoms with Crippen LogP contribution in [0.4, 0.5) is 0 Å². The lowest BCUT2D eigenvalue weighted by molar-refractivity contribution is -0.161. The number of rotatable bonds is 67. The molecule has 528 valence electrons. The van der Waals surface area contributed by atoms with Crippen LogP contribution < -0.4 is 0 Å². The summed E-state index contributed by atoms with van der Waals surface area (Å²) < 4.78 is 68.2. The number of unbranched alkanes of at least 4 members (excludes halogenated alkanes) is 32. The van der Waals surface area contributed by atoms with Gasteiger partial charge in [0.05, 0.1) is 26.4 Å². The van der Waals surface area contributed by atoms with Gasteiger partial charge in [0.1, 0.15) is 19.3 Å². The zero-order valence-corrected chi connectivity index (χ0v) is 59.8. The van der Waals surface area contributed by atoms with Crippen LogP contribution in [0.25, 0.3) is 0 Å². The number of hydrogen-bond acceptors (Lipinski definition) is 15. The van der Waals surface area contributed by atoms with E-state index in [1.54, 1.807) is 0 Å². The topological polar surface area (TPSA) is 237 Å². The van der Waals surface area contributed by atoms with Crippen molar-refractivity contribution in [2.45, 2.75) is 363 Å². The van der Waals surface area contributed by atoms with E-state index < -0.39 is 97.5 Å². The molecular formula is C70H136O17P2. The molecule has 0 radical (unpaired) electrons. The van der Waals surface area contributed by atoms with Gasteiger partial charge in [-0.2, -0.15) is 0 Å². The molecule has 0 aromatic carbocycles. The lowest BCUT2D eigenvalue weighted by Crippen LogP contribution is -2.30. The van der Waals surface area contributed by atoms with Gasteiger partial charge in [-0.1, -0.05) is 293 Å². The number of phosphoric acid groups is 2. The van der Waals surface area contributed by atoms with Crippen LogP contribution in [0.1, 0.15) is 344 Å². The molecule has 0 fully saturated rings. The lowest BCUT2D eigenvalue weighted by Gasteiger charge is -2.21. The fourth-order valence-corrected chi connectivity index (χ4v) is 12.0. The third kappa shape index (κ3) is 63.2. The largest absolute Gasteiger partial charge is 0.472 e. The zero-order chi connectivity index (χ0) is 66.1. The molecule has 0 aromatic rings. The number of esters is 4. The second kappa shape index (κ2) is 59.8. The van der Waals surface area contributed by atoms with Crippen molar-refractivity contribution >= 4 is 39.5 Å². The number of hydrogen-bond donors (Lipinski definition) is 3. The number of aliphatic hydroxyl groups excluding tert-OH is 1. The Kier molecular flexibility index (Phi) is 58.5. The SMILES string of the molecule is CCC(C)CCCCCCCCC(=O)OC[C@H](COP(=O)(O)OC[C@H](O)COP(=O)(O)OC[C@@H](COC(=O)CCCCCCCCCCCCCC(C)C)OC(=O)CCCCCCCCCCCCCCCC(C)C)OC(=O)CCCCCCCCC(C)C. The highest BCUT2D eigenvalue weighted by molar-refractivity contribution is 7.47. The molecule has 3 unspecified atom stereocenters. The smallest absolute Gasteiger partial charge is 0.462 e. The van der Waals surface area contributed by atoms with E-state index in [0.29, 0.717) is 31.6 Å². The summed E-state index contributed by atoms with van der Waals surface area (Å²) in [4.78, 5) is 72.5. The molecule has 0 aliphatic rings. The van der Waals surface area contributed by atoms with E-state index in [1.165, 1.54) is 141 Å². The van der Waals surface area contributed by atoms with E-state index in [2.05, 4.69) is 55.4 Å². The van der Waals surface area contributed by atoms with Crippen molar-refractivity contribution < 1.29 is 80.2 Å². The molecule has 6 atom stereocenters. The number of aliphatic hydroxyl groups is 1. The number of carbonyl (C=O) groups excluding carboxylic acids is 4. The summed E-state index contributed by atoms with van der Waals surface area (Å²) in [5.41, 5.74) is 0. The number of phosphoric ester groups is 2. The fourth-order valence-electron chi connectivity index (χ4n) is 10.5. The van der Waals surface area contributed by atoms with E-state index in [4.69, 9.17) is 37.0 Å². The van der Waals surface area contributed by atoms with Gasteiger partial charge in [0.2, 0.25) is 0 Å². The second-order valence-electron chi connectivity index (χ2n) is 26.9. The summed E-state index contributed by atoms with van der Waals surface area (Å²) in [6.07, 6.45) is 41.9.